The third-order valence-electron chi connectivity index (χ3n) is 6.01. The summed E-state index contributed by atoms with van der Waals surface area (Å²) in [5.41, 5.74) is 4.23. The van der Waals surface area contributed by atoms with E-state index in [4.69, 9.17) is 4.74 Å². The molecule has 1 atom stereocenters. The van der Waals surface area contributed by atoms with Crippen LogP contribution in [0.2, 0.25) is 0 Å². The average Bonchev–Trinajstić information content (AvgIpc) is 2.82. The maximum Gasteiger partial charge on any atom is 0.254 e. The SMILES string of the molecule is COc1ccccc1CC(C)N(Cc1ccccc1)C(=O)c1ccc2c(c1)NC(=O)CN2C. The number of carbonyl (C=O) groups excluding carboxylic acids is 2. The molecule has 0 spiro atoms. The van der Waals surface area contributed by atoms with Gasteiger partial charge >= 0.3 is 0 Å². The van der Waals surface area contributed by atoms with Crippen molar-refractivity contribution in [3.05, 3.63) is 89.5 Å². The Balaban J connectivity index is 1.65. The number of rotatable bonds is 7. The number of anilines is 2. The lowest BCUT2D eigenvalue weighted by atomic mass is 10.0. The molecule has 3 aromatic carbocycles. The van der Waals surface area contributed by atoms with Gasteiger partial charge in [0.15, 0.2) is 0 Å². The molecule has 6 nitrogen and oxygen atoms in total. The number of methoxy groups -OCH3 is 1. The van der Waals surface area contributed by atoms with Crippen LogP contribution in [0.5, 0.6) is 5.75 Å². The van der Waals surface area contributed by atoms with Crippen LogP contribution in [0.25, 0.3) is 0 Å². The molecule has 1 aliphatic heterocycles. The molecule has 0 aliphatic carbocycles. The number of ether oxygens (including phenoxy) is 1. The van der Waals surface area contributed by atoms with Crippen LogP contribution in [-0.4, -0.2) is 43.5 Å². The molecule has 2 amide bonds. The predicted octanol–water partition coefficient (Wildman–Crippen LogP) is 4.36. The van der Waals surface area contributed by atoms with Crippen molar-refractivity contribution in [2.75, 3.05) is 30.9 Å². The highest BCUT2D eigenvalue weighted by atomic mass is 16.5. The smallest absolute Gasteiger partial charge is 0.254 e. The highest BCUT2D eigenvalue weighted by molar-refractivity contribution is 6.04. The van der Waals surface area contributed by atoms with Crippen molar-refractivity contribution in [3.8, 4) is 5.75 Å². The van der Waals surface area contributed by atoms with Crippen LogP contribution in [0.3, 0.4) is 0 Å². The van der Waals surface area contributed by atoms with E-state index in [9.17, 15) is 9.59 Å². The molecule has 4 rings (SSSR count). The normalized spacial score (nSPS) is 13.7. The molecule has 170 valence electrons. The summed E-state index contributed by atoms with van der Waals surface area (Å²) in [5.74, 6) is 0.655. The second-order valence-electron chi connectivity index (χ2n) is 8.42. The second-order valence-corrected chi connectivity index (χ2v) is 8.42. The first kappa shape index (κ1) is 22.4. The van der Waals surface area contributed by atoms with Crippen LogP contribution in [0, 0.1) is 0 Å². The Morgan fingerprint density at radius 3 is 2.58 bits per heavy atom. The number of amides is 2. The largest absolute Gasteiger partial charge is 0.496 e. The van der Waals surface area contributed by atoms with E-state index < -0.39 is 0 Å². The van der Waals surface area contributed by atoms with Crippen molar-refractivity contribution in [3.63, 3.8) is 0 Å². The fraction of sp³-hybridized carbons (Fsp3) is 0.259. The fourth-order valence-electron chi connectivity index (χ4n) is 4.27. The Morgan fingerprint density at radius 1 is 1.09 bits per heavy atom. The summed E-state index contributed by atoms with van der Waals surface area (Å²) in [7, 11) is 3.53. The van der Waals surface area contributed by atoms with Crippen LogP contribution >= 0.6 is 0 Å². The maximum absolute atomic E-state index is 13.8. The Kier molecular flexibility index (Phi) is 6.63. The standard InChI is InChI=1S/C27H29N3O3/c1-19(15-21-11-7-8-12-25(21)33-3)30(17-20-9-5-4-6-10-20)27(32)22-13-14-24-23(16-22)28-26(31)18-29(24)2/h4-14,16,19H,15,17-18H2,1-3H3,(H,28,31). The van der Waals surface area contributed by atoms with E-state index in [0.717, 1.165) is 22.6 Å². The molecule has 0 radical (unpaired) electrons. The molecule has 1 N–H and O–H groups in total. The van der Waals surface area contributed by atoms with Crippen molar-refractivity contribution < 1.29 is 14.3 Å². The van der Waals surface area contributed by atoms with Crippen molar-refractivity contribution in [1.29, 1.82) is 0 Å². The van der Waals surface area contributed by atoms with Crippen LogP contribution in [0.15, 0.2) is 72.8 Å². The molecule has 1 heterocycles. The van der Waals surface area contributed by atoms with Gasteiger partial charge in [-0.15, -0.1) is 0 Å². The molecule has 1 unspecified atom stereocenters. The number of likely N-dealkylation sites (N-methyl/N-ethyl adjacent to an activating group) is 1. The lowest BCUT2D eigenvalue weighted by molar-refractivity contribution is -0.115. The highest BCUT2D eigenvalue weighted by Gasteiger charge is 2.26. The summed E-state index contributed by atoms with van der Waals surface area (Å²) < 4.78 is 5.52. The van der Waals surface area contributed by atoms with Gasteiger partial charge in [0, 0.05) is 25.2 Å². The third-order valence-corrected chi connectivity index (χ3v) is 6.01. The summed E-state index contributed by atoms with van der Waals surface area (Å²) in [5, 5.41) is 2.89. The number of carbonyl (C=O) groups is 2. The summed E-state index contributed by atoms with van der Waals surface area (Å²) in [4.78, 5) is 29.5. The van der Waals surface area contributed by atoms with Gasteiger partial charge in [0.1, 0.15) is 5.75 Å². The van der Waals surface area contributed by atoms with Crippen LogP contribution in [0.1, 0.15) is 28.4 Å². The molecule has 0 saturated carbocycles. The number of fused-ring (bicyclic) bond motifs is 1. The molecule has 0 fully saturated rings. The van der Waals surface area contributed by atoms with Crippen molar-refractivity contribution in [2.45, 2.75) is 25.9 Å². The zero-order chi connectivity index (χ0) is 23.4. The molecule has 1 aliphatic rings. The van der Waals surface area contributed by atoms with E-state index in [1.54, 1.807) is 13.2 Å². The Labute approximate surface area is 194 Å². The second kappa shape index (κ2) is 9.77. The molecule has 0 aromatic heterocycles. The van der Waals surface area contributed by atoms with E-state index in [1.807, 2.05) is 83.6 Å². The number of hydrogen-bond acceptors (Lipinski definition) is 4. The van der Waals surface area contributed by atoms with Gasteiger partial charge in [-0.1, -0.05) is 48.5 Å². The summed E-state index contributed by atoms with van der Waals surface area (Å²) in [6.45, 7) is 2.84. The first-order chi connectivity index (χ1) is 16.0. The quantitative estimate of drug-likeness (QED) is 0.590. The van der Waals surface area contributed by atoms with Crippen LogP contribution < -0.4 is 15.0 Å². The topological polar surface area (TPSA) is 61.9 Å². The predicted molar refractivity (Wildman–Crippen MR) is 131 cm³/mol. The van der Waals surface area contributed by atoms with Crippen LogP contribution in [0.4, 0.5) is 11.4 Å². The molecule has 3 aromatic rings. The number of para-hydroxylation sites is 1. The summed E-state index contributed by atoms with van der Waals surface area (Å²) >= 11 is 0. The Bertz CT molecular complexity index is 1150. The van der Waals surface area contributed by atoms with E-state index >= 15 is 0 Å². The molecular weight excluding hydrogens is 414 g/mol. The average molecular weight is 444 g/mol. The molecule has 0 saturated heterocycles. The maximum atomic E-state index is 13.8. The van der Waals surface area contributed by atoms with Gasteiger partial charge in [0.25, 0.3) is 5.91 Å². The number of hydrogen-bond donors (Lipinski definition) is 1. The van der Waals surface area contributed by atoms with E-state index in [0.29, 0.717) is 30.8 Å². The van der Waals surface area contributed by atoms with Crippen LogP contribution in [-0.2, 0) is 17.8 Å². The molecule has 6 heteroatoms. The van der Waals surface area contributed by atoms with Crippen molar-refractivity contribution in [1.82, 2.24) is 4.90 Å². The van der Waals surface area contributed by atoms with E-state index in [1.165, 1.54) is 0 Å². The zero-order valence-corrected chi connectivity index (χ0v) is 19.2. The highest BCUT2D eigenvalue weighted by Crippen LogP contribution is 2.30. The first-order valence-corrected chi connectivity index (χ1v) is 11.1. The summed E-state index contributed by atoms with van der Waals surface area (Å²) in [6.07, 6.45) is 0.660. The Hall–Kier alpha value is -3.80. The zero-order valence-electron chi connectivity index (χ0n) is 19.2. The minimum Gasteiger partial charge on any atom is -0.496 e. The number of nitrogens with zero attached hydrogens (tertiary/aromatic N) is 2. The lowest BCUT2D eigenvalue weighted by Crippen LogP contribution is -2.40. The molecule has 33 heavy (non-hydrogen) atoms. The van der Waals surface area contributed by atoms with Gasteiger partial charge in [0.05, 0.1) is 25.0 Å². The Morgan fingerprint density at radius 2 is 1.82 bits per heavy atom. The molecule has 0 bridgehead atoms. The minimum absolute atomic E-state index is 0.0773. The van der Waals surface area contributed by atoms with Gasteiger partial charge in [-0.25, -0.2) is 0 Å². The monoisotopic (exact) mass is 443 g/mol. The van der Waals surface area contributed by atoms with Gasteiger partial charge in [-0.2, -0.15) is 0 Å². The van der Waals surface area contributed by atoms with Gasteiger partial charge < -0.3 is 19.9 Å². The van der Waals surface area contributed by atoms with E-state index in [-0.39, 0.29) is 17.9 Å². The van der Waals surface area contributed by atoms with E-state index in [2.05, 4.69) is 12.2 Å². The lowest BCUT2D eigenvalue weighted by Gasteiger charge is -2.31. The number of nitrogens with one attached hydrogen (secondary N) is 1. The first-order valence-electron chi connectivity index (χ1n) is 11.1. The van der Waals surface area contributed by atoms with Gasteiger partial charge in [-0.3, -0.25) is 9.59 Å². The third kappa shape index (κ3) is 5.00. The van der Waals surface area contributed by atoms with Crippen molar-refractivity contribution >= 4 is 23.2 Å². The fourth-order valence-corrected chi connectivity index (χ4v) is 4.27. The number of benzene rings is 3. The molecular formula is C27H29N3O3. The van der Waals surface area contributed by atoms with Gasteiger partial charge in [0.2, 0.25) is 5.91 Å². The van der Waals surface area contributed by atoms with Crippen molar-refractivity contribution in [2.24, 2.45) is 0 Å². The minimum atomic E-state index is -0.0831. The van der Waals surface area contributed by atoms with Gasteiger partial charge in [-0.05, 0) is 48.7 Å². The summed E-state index contributed by atoms with van der Waals surface area (Å²) in [6, 6.07) is 23.3.